The monoisotopic (exact) mass is 408 g/mol. The van der Waals surface area contributed by atoms with E-state index < -0.39 is 11.7 Å². The van der Waals surface area contributed by atoms with Crippen molar-refractivity contribution in [3.63, 3.8) is 0 Å². The van der Waals surface area contributed by atoms with Gasteiger partial charge in [0.1, 0.15) is 0 Å². The first-order valence-corrected chi connectivity index (χ1v) is 9.37. The fourth-order valence-corrected chi connectivity index (χ4v) is 3.57. The smallest absolute Gasteiger partial charge is 0.378 e. The lowest BCUT2D eigenvalue weighted by Crippen LogP contribution is -2.41. The maximum absolute atomic E-state index is 13.1. The van der Waals surface area contributed by atoms with Gasteiger partial charge in [0.2, 0.25) is 5.82 Å². The molecule has 1 aromatic carbocycles. The predicted octanol–water partition coefficient (Wildman–Crippen LogP) is 3.49. The average Bonchev–Trinajstić information content (AvgIpc) is 3.37. The summed E-state index contributed by atoms with van der Waals surface area (Å²) in [5.41, 5.74) is -0.606. The Kier molecular flexibility index (Phi) is 4.90. The Morgan fingerprint density at radius 3 is 2.61 bits per heavy atom. The Hall–Kier alpha value is -2.72. The van der Waals surface area contributed by atoms with Crippen molar-refractivity contribution < 1.29 is 22.7 Å². The third-order valence-electron chi connectivity index (χ3n) is 4.26. The van der Waals surface area contributed by atoms with E-state index in [0.29, 0.717) is 37.0 Å². The number of ether oxygens (including phenoxy) is 1. The van der Waals surface area contributed by atoms with Gasteiger partial charge >= 0.3 is 6.18 Å². The quantitative estimate of drug-likeness (QED) is 0.666. The van der Waals surface area contributed by atoms with Crippen molar-refractivity contribution in [2.75, 3.05) is 26.3 Å². The molecule has 3 heterocycles. The van der Waals surface area contributed by atoms with Gasteiger partial charge in [-0.3, -0.25) is 4.79 Å². The topological polar surface area (TPSA) is 60.2 Å². The summed E-state index contributed by atoms with van der Waals surface area (Å²) < 4.78 is 45.9. The lowest BCUT2D eigenvalue weighted by Gasteiger charge is -2.25. The van der Waals surface area contributed by atoms with Gasteiger partial charge in [-0.2, -0.15) is 13.2 Å². The predicted molar refractivity (Wildman–Crippen MR) is 96.4 cm³/mol. The second-order valence-corrected chi connectivity index (χ2v) is 7.05. The maximum Gasteiger partial charge on any atom is 0.416 e. The molecule has 0 atom stereocenters. The van der Waals surface area contributed by atoms with E-state index >= 15 is 0 Å². The fourth-order valence-electron chi connectivity index (χ4n) is 2.87. The largest absolute Gasteiger partial charge is 0.416 e. The molecule has 0 spiro atoms. The molecule has 1 amide bonds. The van der Waals surface area contributed by atoms with E-state index in [0.717, 1.165) is 12.1 Å². The number of thiophene rings is 1. The van der Waals surface area contributed by atoms with Crippen LogP contribution in [0.5, 0.6) is 0 Å². The molecule has 1 aliphatic heterocycles. The molecule has 0 unspecified atom stereocenters. The third kappa shape index (κ3) is 3.65. The number of amides is 1. The normalized spacial score (nSPS) is 15.0. The number of carbonyl (C=O) groups excluding carboxylic acids is 1. The molecule has 0 N–H and O–H groups in total. The summed E-state index contributed by atoms with van der Waals surface area (Å²) in [5, 5.41) is 6.07. The number of carbonyl (C=O) groups is 1. The van der Waals surface area contributed by atoms with E-state index in [9.17, 15) is 18.0 Å². The van der Waals surface area contributed by atoms with Gasteiger partial charge in [0.25, 0.3) is 5.91 Å². The SMILES string of the molecule is O=C(c1nc(-c2cccs2)n(-c2cccc(C(F)(F)F)c2)n1)N1CCOCC1. The lowest BCUT2D eigenvalue weighted by atomic mass is 10.2. The van der Waals surface area contributed by atoms with Crippen LogP contribution in [0.15, 0.2) is 41.8 Å². The van der Waals surface area contributed by atoms with Crippen molar-refractivity contribution in [1.82, 2.24) is 19.7 Å². The van der Waals surface area contributed by atoms with Crippen LogP contribution in [0.1, 0.15) is 16.2 Å². The van der Waals surface area contributed by atoms with Gasteiger partial charge in [-0.05, 0) is 29.6 Å². The number of rotatable bonds is 3. The van der Waals surface area contributed by atoms with Crippen LogP contribution in [-0.4, -0.2) is 51.9 Å². The molecule has 1 saturated heterocycles. The summed E-state index contributed by atoms with van der Waals surface area (Å²) in [5.74, 6) is -0.0968. The molecule has 0 radical (unpaired) electrons. The summed E-state index contributed by atoms with van der Waals surface area (Å²) in [7, 11) is 0. The molecule has 10 heteroatoms. The van der Waals surface area contributed by atoms with Gasteiger partial charge in [-0.1, -0.05) is 12.1 Å². The van der Waals surface area contributed by atoms with E-state index in [1.165, 1.54) is 28.2 Å². The molecular formula is C18H15F3N4O2S. The van der Waals surface area contributed by atoms with Gasteiger partial charge in [-0.25, -0.2) is 9.67 Å². The molecule has 28 heavy (non-hydrogen) atoms. The summed E-state index contributed by atoms with van der Waals surface area (Å²) in [4.78, 5) is 19.4. The molecule has 0 bridgehead atoms. The highest BCUT2D eigenvalue weighted by Gasteiger charge is 2.31. The molecule has 1 fully saturated rings. The molecule has 146 valence electrons. The number of aromatic nitrogens is 3. The molecule has 0 saturated carbocycles. The number of alkyl halides is 3. The molecule has 4 rings (SSSR count). The molecule has 2 aromatic heterocycles. The number of hydrogen-bond acceptors (Lipinski definition) is 5. The first kappa shape index (κ1) is 18.6. The van der Waals surface area contributed by atoms with E-state index in [2.05, 4.69) is 10.1 Å². The number of benzene rings is 1. The standard InChI is InChI=1S/C18H15F3N4O2S/c19-18(20,21)12-3-1-4-13(11-12)25-16(14-5-2-10-28-14)22-15(23-25)17(26)24-6-8-27-9-7-24/h1-5,10-11H,6-9H2. The highest BCUT2D eigenvalue weighted by molar-refractivity contribution is 7.13. The van der Waals surface area contributed by atoms with E-state index in [-0.39, 0.29) is 17.4 Å². The summed E-state index contributed by atoms with van der Waals surface area (Å²) in [6.45, 7) is 1.70. The van der Waals surface area contributed by atoms with Crippen molar-refractivity contribution >= 4 is 17.2 Å². The minimum Gasteiger partial charge on any atom is -0.378 e. The lowest BCUT2D eigenvalue weighted by molar-refractivity contribution is -0.137. The number of nitrogens with zero attached hydrogens (tertiary/aromatic N) is 4. The number of hydrogen-bond donors (Lipinski definition) is 0. The first-order valence-electron chi connectivity index (χ1n) is 8.49. The number of morpholine rings is 1. The highest BCUT2D eigenvalue weighted by atomic mass is 32.1. The van der Waals surface area contributed by atoms with Crippen LogP contribution in [-0.2, 0) is 10.9 Å². The van der Waals surface area contributed by atoms with E-state index in [4.69, 9.17) is 4.74 Å². The minimum absolute atomic E-state index is 0.0530. The Balaban J connectivity index is 1.78. The van der Waals surface area contributed by atoms with Crippen LogP contribution < -0.4 is 0 Å². The van der Waals surface area contributed by atoms with Crippen LogP contribution in [0.25, 0.3) is 16.4 Å². The van der Waals surface area contributed by atoms with Crippen LogP contribution in [0.4, 0.5) is 13.2 Å². The third-order valence-corrected chi connectivity index (χ3v) is 5.12. The van der Waals surface area contributed by atoms with Gasteiger partial charge < -0.3 is 9.64 Å². The van der Waals surface area contributed by atoms with Crippen molar-refractivity contribution in [3.8, 4) is 16.4 Å². The van der Waals surface area contributed by atoms with Crippen LogP contribution in [0.3, 0.4) is 0 Å². The van der Waals surface area contributed by atoms with Crippen molar-refractivity contribution in [3.05, 3.63) is 53.2 Å². The molecule has 3 aromatic rings. The summed E-state index contributed by atoms with van der Waals surface area (Å²) >= 11 is 1.36. The van der Waals surface area contributed by atoms with Crippen LogP contribution in [0.2, 0.25) is 0 Å². The fraction of sp³-hybridized carbons (Fsp3) is 0.278. The second-order valence-electron chi connectivity index (χ2n) is 6.10. The first-order chi connectivity index (χ1) is 13.4. The Morgan fingerprint density at radius 1 is 1.14 bits per heavy atom. The Bertz CT molecular complexity index is 979. The molecular weight excluding hydrogens is 393 g/mol. The zero-order valence-electron chi connectivity index (χ0n) is 14.5. The average molecular weight is 408 g/mol. The second kappa shape index (κ2) is 7.36. The minimum atomic E-state index is -4.48. The zero-order chi connectivity index (χ0) is 19.7. The molecule has 0 aliphatic carbocycles. The molecule has 1 aliphatic rings. The summed E-state index contributed by atoms with van der Waals surface area (Å²) in [6.07, 6.45) is -4.48. The molecule has 6 nitrogen and oxygen atoms in total. The van der Waals surface area contributed by atoms with Crippen LogP contribution >= 0.6 is 11.3 Å². The number of halogens is 3. The maximum atomic E-state index is 13.1. The van der Waals surface area contributed by atoms with Crippen molar-refractivity contribution in [1.29, 1.82) is 0 Å². The van der Waals surface area contributed by atoms with Gasteiger partial charge in [-0.15, -0.1) is 16.4 Å². The van der Waals surface area contributed by atoms with Crippen LogP contribution in [0, 0.1) is 0 Å². The highest BCUT2D eigenvalue weighted by Crippen LogP contribution is 2.32. The van der Waals surface area contributed by atoms with E-state index in [1.807, 2.05) is 5.38 Å². The summed E-state index contributed by atoms with van der Waals surface area (Å²) in [6, 6.07) is 8.38. The van der Waals surface area contributed by atoms with Gasteiger partial charge in [0.15, 0.2) is 5.82 Å². The Labute approximate surface area is 162 Å². The van der Waals surface area contributed by atoms with E-state index in [1.54, 1.807) is 17.0 Å². The zero-order valence-corrected chi connectivity index (χ0v) is 15.3. The Morgan fingerprint density at radius 2 is 1.93 bits per heavy atom. The van der Waals surface area contributed by atoms with Crippen molar-refractivity contribution in [2.24, 2.45) is 0 Å². The van der Waals surface area contributed by atoms with Gasteiger partial charge in [0, 0.05) is 13.1 Å². The van der Waals surface area contributed by atoms with Gasteiger partial charge in [0.05, 0.1) is 29.3 Å². The van der Waals surface area contributed by atoms with Crippen molar-refractivity contribution in [2.45, 2.75) is 6.18 Å².